The second kappa shape index (κ2) is 7.51. The lowest BCUT2D eigenvalue weighted by Gasteiger charge is -2.25. The molecule has 1 aliphatic heterocycles. The lowest BCUT2D eigenvalue weighted by Crippen LogP contribution is -2.27. The van der Waals surface area contributed by atoms with Crippen molar-refractivity contribution in [2.75, 3.05) is 20.2 Å². The summed E-state index contributed by atoms with van der Waals surface area (Å²) in [5, 5.41) is 9.26. The van der Waals surface area contributed by atoms with E-state index in [4.69, 9.17) is 4.74 Å². The van der Waals surface area contributed by atoms with Gasteiger partial charge < -0.3 is 9.84 Å². The molecule has 1 saturated heterocycles. The molecule has 0 atom stereocenters. The fourth-order valence-electron chi connectivity index (χ4n) is 2.77. The second-order valence-electron chi connectivity index (χ2n) is 5.35. The van der Waals surface area contributed by atoms with E-state index in [0.717, 1.165) is 17.9 Å². The number of nitrogens with zero attached hydrogens (tertiary/aromatic N) is 1. The molecule has 0 spiro atoms. The number of methoxy groups -OCH3 is 1. The standard InChI is InChI=1S/C16H25NO2/c1-19-16-8-7-14(13-18)11-15(16)12-17-9-5-3-2-4-6-10-17/h7-8,11,18H,2-6,9-10,12-13H2,1H3. The molecule has 0 saturated carbocycles. The maximum Gasteiger partial charge on any atom is 0.123 e. The molecule has 1 aromatic rings. The van der Waals surface area contributed by atoms with Crippen molar-refractivity contribution in [3.05, 3.63) is 29.3 Å². The van der Waals surface area contributed by atoms with E-state index in [9.17, 15) is 5.11 Å². The highest BCUT2D eigenvalue weighted by atomic mass is 16.5. The van der Waals surface area contributed by atoms with Gasteiger partial charge in [-0.15, -0.1) is 0 Å². The quantitative estimate of drug-likeness (QED) is 0.906. The third kappa shape index (κ3) is 4.22. The van der Waals surface area contributed by atoms with Gasteiger partial charge in [0.2, 0.25) is 0 Å². The topological polar surface area (TPSA) is 32.7 Å². The van der Waals surface area contributed by atoms with E-state index in [1.165, 1.54) is 50.8 Å². The number of benzene rings is 1. The third-order valence-electron chi connectivity index (χ3n) is 3.87. The van der Waals surface area contributed by atoms with Gasteiger partial charge in [-0.1, -0.05) is 25.3 Å². The molecule has 19 heavy (non-hydrogen) atoms. The predicted molar refractivity (Wildman–Crippen MR) is 77.3 cm³/mol. The Morgan fingerprint density at radius 2 is 1.79 bits per heavy atom. The van der Waals surface area contributed by atoms with Crippen LogP contribution in [0.2, 0.25) is 0 Å². The van der Waals surface area contributed by atoms with Gasteiger partial charge in [0.1, 0.15) is 5.75 Å². The lowest BCUT2D eigenvalue weighted by atomic mass is 10.1. The molecule has 3 nitrogen and oxygen atoms in total. The summed E-state index contributed by atoms with van der Waals surface area (Å²) < 4.78 is 5.43. The summed E-state index contributed by atoms with van der Waals surface area (Å²) in [5.41, 5.74) is 2.15. The molecule has 0 amide bonds. The number of hydrogen-bond acceptors (Lipinski definition) is 3. The van der Waals surface area contributed by atoms with Crippen LogP contribution in [0.5, 0.6) is 5.75 Å². The van der Waals surface area contributed by atoms with Gasteiger partial charge in [-0.3, -0.25) is 4.90 Å². The summed E-state index contributed by atoms with van der Waals surface area (Å²) in [5.74, 6) is 0.930. The fraction of sp³-hybridized carbons (Fsp3) is 0.625. The Morgan fingerprint density at radius 3 is 2.42 bits per heavy atom. The van der Waals surface area contributed by atoms with Gasteiger partial charge in [0.05, 0.1) is 13.7 Å². The zero-order valence-corrected chi connectivity index (χ0v) is 11.9. The van der Waals surface area contributed by atoms with Crippen molar-refractivity contribution in [3.63, 3.8) is 0 Å². The highest BCUT2D eigenvalue weighted by Crippen LogP contribution is 2.23. The van der Waals surface area contributed by atoms with Crippen LogP contribution in [-0.4, -0.2) is 30.2 Å². The second-order valence-corrected chi connectivity index (χ2v) is 5.35. The normalized spacial score (nSPS) is 17.8. The van der Waals surface area contributed by atoms with Gasteiger partial charge >= 0.3 is 0 Å². The number of rotatable bonds is 4. The van der Waals surface area contributed by atoms with Crippen molar-refractivity contribution >= 4 is 0 Å². The molecule has 0 unspecified atom stereocenters. The first-order chi connectivity index (χ1) is 9.33. The van der Waals surface area contributed by atoms with Gasteiger partial charge in [-0.2, -0.15) is 0 Å². The van der Waals surface area contributed by atoms with Crippen LogP contribution in [0.3, 0.4) is 0 Å². The predicted octanol–water partition coefficient (Wildman–Crippen LogP) is 2.95. The van der Waals surface area contributed by atoms with Gasteiger partial charge in [0.15, 0.2) is 0 Å². The van der Waals surface area contributed by atoms with Crippen LogP contribution in [0.1, 0.15) is 43.2 Å². The van der Waals surface area contributed by atoms with Crippen molar-refractivity contribution < 1.29 is 9.84 Å². The minimum absolute atomic E-state index is 0.0942. The average Bonchev–Trinajstić information content (AvgIpc) is 2.41. The van der Waals surface area contributed by atoms with E-state index in [-0.39, 0.29) is 6.61 Å². The molecule has 1 aliphatic rings. The first-order valence-corrected chi connectivity index (χ1v) is 7.32. The first-order valence-electron chi connectivity index (χ1n) is 7.32. The number of likely N-dealkylation sites (tertiary alicyclic amines) is 1. The van der Waals surface area contributed by atoms with Crippen LogP contribution < -0.4 is 4.74 Å². The molecule has 0 bridgehead atoms. The summed E-state index contributed by atoms with van der Waals surface area (Å²) in [6, 6.07) is 5.96. The summed E-state index contributed by atoms with van der Waals surface area (Å²) in [6.07, 6.45) is 6.68. The Bertz CT molecular complexity index is 384. The molecular weight excluding hydrogens is 238 g/mol. The summed E-state index contributed by atoms with van der Waals surface area (Å²) >= 11 is 0. The van der Waals surface area contributed by atoms with Gasteiger partial charge in [-0.05, 0) is 43.6 Å². The monoisotopic (exact) mass is 263 g/mol. The van der Waals surface area contributed by atoms with E-state index in [1.807, 2.05) is 12.1 Å². The van der Waals surface area contributed by atoms with Crippen molar-refractivity contribution in [3.8, 4) is 5.75 Å². The molecule has 1 heterocycles. The van der Waals surface area contributed by atoms with E-state index in [1.54, 1.807) is 7.11 Å². The smallest absolute Gasteiger partial charge is 0.123 e. The van der Waals surface area contributed by atoms with Gasteiger partial charge in [0, 0.05) is 12.1 Å². The van der Waals surface area contributed by atoms with Crippen molar-refractivity contribution in [1.29, 1.82) is 0 Å². The Hall–Kier alpha value is -1.06. The van der Waals surface area contributed by atoms with Gasteiger partial charge in [0.25, 0.3) is 0 Å². The van der Waals surface area contributed by atoms with Crippen molar-refractivity contribution in [1.82, 2.24) is 4.90 Å². The largest absolute Gasteiger partial charge is 0.496 e. The molecule has 3 heteroatoms. The zero-order chi connectivity index (χ0) is 13.5. The maximum absolute atomic E-state index is 9.26. The highest BCUT2D eigenvalue weighted by molar-refractivity contribution is 5.37. The van der Waals surface area contributed by atoms with E-state index < -0.39 is 0 Å². The van der Waals surface area contributed by atoms with E-state index in [0.29, 0.717) is 0 Å². The SMILES string of the molecule is COc1ccc(CO)cc1CN1CCCCCCC1. The Balaban J connectivity index is 2.06. The Labute approximate surface area is 116 Å². The van der Waals surface area contributed by atoms with Crippen LogP contribution in [-0.2, 0) is 13.2 Å². The molecule has 1 aromatic carbocycles. The molecule has 0 radical (unpaired) electrons. The Morgan fingerprint density at radius 1 is 1.11 bits per heavy atom. The number of aliphatic hydroxyl groups excluding tert-OH is 1. The fourth-order valence-corrected chi connectivity index (χ4v) is 2.77. The molecule has 0 aliphatic carbocycles. The number of ether oxygens (including phenoxy) is 1. The first kappa shape index (κ1) is 14.4. The molecule has 2 rings (SSSR count). The molecular formula is C16H25NO2. The summed E-state index contributed by atoms with van der Waals surface area (Å²) in [7, 11) is 1.71. The molecule has 1 fully saturated rings. The molecule has 1 N–H and O–H groups in total. The molecule has 0 aromatic heterocycles. The number of hydrogen-bond donors (Lipinski definition) is 1. The number of aliphatic hydroxyl groups is 1. The summed E-state index contributed by atoms with van der Waals surface area (Å²) in [4.78, 5) is 2.51. The van der Waals surface area contributed by atoms with Crippen molar-refractivity contribution in [2.24, 2.45) is 0 Å². The van der Waals surface area contributed by atoms with Gasteiger partial charge in [-0.25, -0.2) is 0 Å². The van der Waals surface area contributed by atoms with E-state index in [2.05, 4.69) is 11.0 Å². The zero-order valence-electron chi connectivity index (χ0n) is 11.9. The van der Waals surface area contributed by atoms with E-state index >= 15 is 0 Å². The highest BCUT2D eigenvalue weighted by Gasteiger charge is 2.12. The third-order valence-corrected chi connectivity index (χ3v) is 3.87. The van der Waals surface area contributed by atoms with Crippen LogP contribution in [0, 0.1) is 0 Å². The molecule has 106 valence electrons. The lowest BCUT2D eigenvalue weighted by molar-refractivity contribution is 0.236. The minimum atomic E-state index is 0.0942. The maximum atomic E-state index is 9.26. The Kier molecular flexibility index (Phi) is 5.67. The van der Waals surface area contributed by atoms with Crippen molar-refractivity contribution in [2.45, 2.75) is 45.3 Å². The minimum Gasteiger partial charge on any atom is -0.496 e. The van der Waals surface area contributed by atoms with Crippen LogP contribution in [0.15, 0.2) is 18.2 Å². The average molecular weight is 263 g/mol. The van der Waals surface area contributed by atoms with Crippen LogP contribution in [0.25, 0.3) is 0 Å². The van der Waals surface area contributed by atoms with Crippen LogP contribution in [0.4, 0.5) is 0 Å². The van der Waals surface area contributed by atoms with Crippen LogP contribution >= 0.6 is 0 Å². The summed E-state index contributed by atoms with van der Waals surface area (Å²) in [6.45, 7) is 3.37.